The molecule has 0 saturated carbocycles. The van der Waals surface area contributed by atoms with E-state index in [1.165, 1.54) is 24.4 Å². The van der Waals surface area contributed by atoms with Crippen molar-refractivity contribution in [3.8, 4) is 11.3 Å². The predicted molar refractivity (Wildman–Crippen MR) is 124 cm³/mol. The molecule has 0 fully saturated rings. The summed E-state index contributed by atoms with van der Waals surface area (Å²) in [5, 5.41) is 4.36. The molecular formula is C24H17FN4O5. The number of H-pyrrole nitrogens is 2. The highest BCUT2D eigenvalue weighted by atomic mass is 19.1. The lowest BCUT2D eigenvalue weighted by Crippen LogP contribution is -2.32. The number of ether oxygens (including phenoxy) is 1. The lowest BCUT2D eigenvalue weighted by molar-refractivity contribution is 0.0526. The number of aromatic nitrogens is 3. The summed E-state index contributed by atoms with van der Waals surface area (Å²) >= 11 is 0. The molecule has 5 aromatic rings. The van der Waals surface area contributed by atoms with Gasteiger partial charge in [0.05, 0.1) is 23.9 Å². The van der Waals surface area contributed by atoms with Gasteiger partial charge in [-0.2, -0.15) is 5.10 Å². The molecule has 9 nitrogen and oxygen atoms in total. The van der Waals surface area contributed by atoms with Crippen molar-refractivity contribution in [2.45, 2.75) is 6.92 Å². The van der Waals surface area contributed by atoms with E-state index in [9.17, 15) is 18.8 Å². The van der Waals surface area contributed by atoms with Crippen LogP contribution in [0.1, 0.15) is 23.0 Å². The fraction of sp³-hybridized carbons (Fsp3) is 0.0833. The Labute approximate surface area is 190 Å². The molecule has 0 saturated heterocycles. The molecule has 5 rings (SSSR count). The summed E-state index contributed by atoms with van der Waals surface area (Å²) in [6.45, 7) is 2.03. The van der Waals surface area contributed by atoms with Crippen LogP contribution in [-0.4, -0.2) is 33.4 Å². The molecule has 0 radical (unpaired) electrons. The highest BCUT2D eigenvalue weighted by molar-refractivity contribution is 6.04. The Morgan fingerprint density at radius 2 is 1.88 bits per heavy atom. The molecule has 0 aliphatic rings. The second-order valence-corrected chi connectivity index (χ2v) is 7.36. The van der Waals surface area contributed by atoms with E-state index in [2.05, 4.69) is 15.1 Å². The standard InChI is InChI=1S/C24H17FN4O5/c1-2-33-23(31)14-5-3-13(4-6-14)19-10-8-16(34-19)12-26-29-22(30)21-20(28-24(29)32)17-11-15(25)7-9-18(17)27-21/h3-12,27H,2H2,1H3,(H,28,32). The minimum absolute atomic E-state index is 0.0965. The lowest BCUT2D eigenvalue weighted by atomic mass is 10.1. The van der Waals surface area contributed by atoms with Gasteiger partial charge in [0.25, 0.3) is 0 Å². The Morgan fingerprint density at radius 1 is 1.09 bits per heavy atom. The normalized spacial score (nSPS) is 11.6. The Hall–Kier alpha value is -4.73. The van der Waals surface area contributed by atoms with Crippen molar-refractivity contribution in [3.63, 3.8) is 0 Å². The minimum atomic E-state index is -0.778. The van der Waals surface area contributed by atoms with Gasteiger partial charge in [0.1, 0.15) is 22.9 Å². The molecule has 10 heteroatoms. The number of carbonyl (C=O) groups excluding carboxylic acids is 1. The molecule has 0 aliphatic heterocycles. The summed E-state index contributed by atoms with van der Waals surface area (Å²) in [5.74, 6) is -0.0875. The maximum Gasteiger partial charge on any atom is 0.350 e. The van der Waals surface area contributed by atoms with E-state index in [1.807, 2.05) is 0 Å². The second kappa shape index (κ2) is 8.32. The van der Waals surface area contributed by atoms with E-state index >= 15 is 0 Å². The lowest BCUT2D eigenvalue weighted by Gasteiger charge is -2.02. The van der Waals surface area contributed by atoms with Crippen LogP contribution in [-0.2, 0) is 4.74 Å². The van der Waals surface area contributed by atoms with Crippen LogP contribution in [0.5, 0.6) is 0 Å². The van der Waals surface area contributed by atoms with Gasteiger partial charge in [0.15, 0.2) is 0 Å². The number of benzene rings is 2. The number of aromatic amines is 2. The van der Waals surface area contributed by atoms with Crippen LogP contribution in [0.4, 0.5) is 4.39 Å². The van der Waals surface area contributed by atoms with E-state index < -0.39 is 23.0 Å². The largest absolute Gasteiger partial charge is 0.462 e. The molecule has 2 N–H and O–H groups in total. The molecule has 2 aromatic carbocycles. The van der Waals surface area contributed by atoms with Gasteiger partial charge in [-0.1, -0.05) is 12.1 Å². The zero-order valence-electron chi connectivity index (χ0n) is 17.8. The number of hydrogen-bond acceptors (Lipinski definition) is 6. The van der Waals surface area contributed by atoms with Gasteiger partial charge in [0.2, 0.25) is 0 Å². The molecule has 34 heavy (non-hydrogen) atoms. The van der Waals surface area contributed by atoms with Crippen molar-refractivity contribution in [1.82, 2.24) is 14.6 Å². The average molecular weight is 460 g/mol. The van der Waals surface area contributed by atoms with Gasteiger partial charge in [-0.05, 0) is 49.4 Å². The number of nitrogens with zero attached hydrogens (tertiary/aromatic N) is 2. The number of nitrogens with one attached hydrogen (secondary N) is 2. The number of furan rings is 1. The summed E-state index contributed by atoms with van der Waals surface area (Å²) in [4.78, 5) is 42.5. The number of carbonyl (C=O) groups is 1. The molecule has 0 atom stereocenters. The number of halogens is 1. The van der Waals surface area contributed by atoms with E-state index in [0.717, 1.165) is 5.56 Å². The smallest absolute Gasteiger partial charge is 0.350 e. The van der Waals surface area contributed by atoms with Crippen LogP contribution >= 0.6 is 0 Å². The first kappa shape index (κ1) is 21.1. The van der Waals surface area contributed by atoms with Crippen molar-refractivity contribution < 1.29 is 18.3 Å². The van der Waals surface area contributed by atoms with Crippen LogP contribution in [0.15, 0.2) is 73.7 Å². The summed E-state index contributed by atoms with van der Waals surface area (Å²) in [6, 6.07) is 14.0. The number of rotatable bonds is 5. The maximum atomic E-state index is 13.6. The van der Waals surface area contributed by atoms with Crippen LogP contribution in [0.25, 0.3) is 33.3 Å². The Kier molecular flexibility index (Phi) is 5.17. The molecule has 0 unspecified atom stereocenters. The minimum Gasteiger partial charge on any atom is -0.462 e. The maximum absolute atomic E-state index is 13.6. The van der Waals surface area contributed by atoms with Crippen molar-refractivity contribution >= 4 is 34.1 Å². The fourth-order valence-electron chi connectivity index (χ4n) is 3.59. The second-order valence-electron chi connectivity index (χ2n) is 7.36. The first-order valence-corrected chi connectivity index (χ1v) is 10.3. The number of esters is 1. The number of fused-ring (bicyclic) bond motifs is 3. The average Bonchev–Trinajstić information content (AvgIpc) is 3.44. The zero-order chi connectivity index (χ0) is 23.8. The van der Waals surface area contributed by atoms with E-state index in [-0.39, 0.29) is 11.0 Å². The van der Waals surface area contributed by atoms with Gasteiger partial charge in [-0.15, -0.1) is 4.68 Å². The zero-order valence-corrected chi connectivity index (χ0v) is 17.8. The summed E-state index contributed by atoms with van der Waals surface area (Å²) in [7, 11) is 0. The molecule has 3 heterocycles. The van der Waals surface area contributed by atoms with Crippen molar-refractivity contribution in [3.05, 3.63) is 92.6 Å². The predicted octanol–water partition coefficient (Wildman–Crippen LogP) is 3.63. The summed E-state index contributed by atoms with van der Waals surface area (Å²) in [6.07, 6.45) is 1.24. The molecule has 0 amide bonds. The van der Waals surface area contributed by atoms with Crippen LogP contribution < -0.4 is 11.2 Å². The quantitative estimate of drug-likeness (QED) is 0.306. The molecular weight excluding hydrogens is 443 g/mol. The van der Waals surface area contributed by atoms with Crippen LogP contribution in [0.3, 0.4) is 0 Å². The Balaban J connectivity index is 1.44. The third-order valence-corrected chi connectivity index (χ3v) is 5.20. The van der Waals surface area contributed by atoms with E-state index in [0.29, 0.717) is 39.3 Å². The Morgan fingerprint density at radius 3 is 2.65 bits per heavy atom. The van der Waals surface area contributed by atoms with Crippen molar-refractivity contribution in [2.24, 2.45) is 5.10 Å². The van der Waals surface area contributed by atoms with E-state index in [4.69, 9.17) is 9.15 Å². The Bertz CT molecular complexity index is 1690. The summed E-state index contributed by atoms with van der Waals surface area (Å²) < 4.78 is 24.9. The van der Waals surface area contributed by atoms with Gasteiger partial charge in [-0.3, -0.25) is 4.79 Å². The monoisotopic (exact) mass is 460 g/mol. The summed E-state index contributed by atoms with van der Waals surface area (Å²) in [5.41, 5.74) is 0.493. The third-order valence-electron chi connectivity index (χ3n) is 5.20. The van der Waals surface area contributed by atoms with Gasteiger partial charge >= 0.3 is 17.2 Å². The molecule has 0 spiro atoms. The molecule has 0 aliphatic carbocycles. The molecule has 170 valence electrons. The van der Waals surface area contributed by atoms with E-state index in [1.54, 1.807) is 43.3 Å². The third kappa shape index (κ3) is 3.71. The molecule has 3 aromatic heterocycles. The van der Waals surface area contributed by atoms with Crippen molar-refractivity contribution in [1.29, 1.82) is 0 Å². The molecule has 0 bridgehead atoms. The first-order valence-electron chi connectivity index (χ1n) is 10.3. The highest BCUT2D eigenvalue weighted by Gasteiger charge is 2.13. The SMILES string of the molecule is CCOC(=O)c1ccc(-c2ccc(C=Nn3c(=O)[nH]c4c([nH]c5ccc(F)cc54)c3=O)o2)cc1. The van der Waals surface area contributed by atoms with Gasteiger partial charge < -0.3 is 19.1 Å². The highest BCUT2D eigenvalue weighted by Crippen LogP contribution is 2.23. The first-order chi connectivity index (χ1) is 16.4. The fourth-order valence-corrected chi connectivity index (χ4v) is 3.59. The van der Waals surface area contributed by atoms with Gasteiger partial charge in [0, 0.05) is 16.5 Å². The van der Waals surface area contributed by atoms with Crippen LogP contribution in [0.2, 0.25) is 0 Å². The van der Waals surface area contributed by atoms with Gasteiger partial charge in [-0.25, -0.2) is 14.0 Å². The number of hydrogen-bond donors (Lipinski definition) is 2. The van der Waals surface area contributed by atoms with Crippen LogP contribution in [0, 0.1) is 5.82 Å². The van der Waals surface area contributed by atoms with Crippen molar-refractivity contribution in [2.75, 3.05) is 6.61 Å². The topological polar surface area (TPSA) is 122 Å².